The first-order valence-electron chi connectivity index (χ1n) is 9.88. The Labute approximate surface area is 196 Å². The molecular weight excluding hydrogens is 447 g/mol. The van der Waals surface area contributed by atoms with Gasteiger partial charge in [0.1, 0.15) is 0 Å². The molecular formula is C25H22Cl2N2O3. The maximum atomic E-state index is 12.5. The maximum Gasteiger partial charge on any atom is 0.257 e. The SMILES string of the molecule is CN(CCO)c1ccc(/C=C/C(=O)c2ccc(NC(=O)c3ccc(Cl)cc3Cl)cc2)cc1. The third kappa shape index (κ3) is 6.20. The summed E-state index contributed by atoms with van der Waals surface area (Å²) in [7, 11) is 1.90. The van der Waals surface area contributed by atoms with Crippen LogP contribution in [0, 0.1) is 0 Å². The molecule has 0 heterocycles. The number of nitrogens with one attached hydrogen (secondary N) is 1. The van der Waals surface area contributed by atoms with Gasteiger partial charge in [0.15, 0.2) is 5.78 Å². The van der Waals surface area contributed by atoms with Gasteiger partial charge in [0.05, 0.1) is 17.2 Å². The van der Waals surface area contributed by atoms with Crippen molar-refractivity contribution in [3.8, 4) is 0 Å². The van der Waals surface area contributed by atoms with Gasteiger partial charge in [-0.3, -0.25) is 9.59 Å². The van der Waals surface area contributed by atoms with Crippen LogP contribution in [-0.2, 0) is 0 Å². The summed E-state index contributed by atoms with van der Waals surface area (Å²) in [5.74, 6) is -0.510. The van der Waals surface area contributed by atoms with Crippen molar-refractivity contribution in [3.63, 3.8) is 0 Å². The smallest absolute Gasteiger partial charge is 0.257 e. The molecule has 164 valence electrons. The molecule has 3 rings (SSSR count). The summed E-state index contributed by atoms with van der Waals surface area (Å²) >= 11 is 11.9. The van der Waals surface area contributed by atoms with Gasteiger partial charge in [-0.25, -0.2) is 0 Å². The van der Waals surface area contributed by atoms with E-state index >= 15 is 0 Å². The molecule has 0 aromatic heterocycles. The standard InChI is InChI=1S/C25H22Cl2N2O3/c1-29(14-15-30)21-10-2-17(3-11-21)4-13-24(31)18-5-8-20(9-6-18)28-25(32)22-12-7-19(26)16-23(22)27/h2-13,16,30H,14-15H2,1H3,(H,28,32)/b13-4+. The van der Waals surface area contributed by atoms with Crippen LogP contribution in [0.4, 0.5) is 11.4 Å². The number of nitrogens with zero attached hydrogens (tertiary/aromatic N) is 1. The highest BCUT2D eigenvalue weighted by Gasteiger charge is 2.11. The van der Waals surface area contributed by atoms with E-state index in [0.717, 1.165) is 11.3 Å². The fraction of sp³-hybridized carbons (Fsp3) is 0.120. The van der Waals surface area contributed by atoms with Crippen molar-refractivity contribution in [3.05, 3.63) is 99.5 Å². The summed E-state index contributed by atoms with van der Waals surface area (Å²) in [6.45, 7) is 0.640. The third-order valence-corrected chi connectivity index (χ3v) is 5.35. The van der Waals surface area contributed by atoms with Crippen LogP contribution in [-0.4, -0.2) is 37.0 Å². The summed E-state index contributed by atoms with van der Waals surface area (Å²) < 4.78 is 0. The van der Waals surface area contributed by atoms with Crippen molar-refractivity contribution in [1.29, 1.82) is 0 Å². The molecule has 5 nitrogen and oxygen atoms in total. The predicted octanol–water partition coefficient (Wildman–Crippen LogP) is 5.57. The second kappa shape index (κ2) is 11.0. The molecule has 2 N–H and O–H groups in total. The number of allylic oxidation sites excluding steroid dienone is 1. The van der Waals surface area contributed by atoms with Gasteiger partial charge in [-0.05, 0) is 66.2 Å². The first-order valence-corrected chi connectivity index (χ1v) is 10.6. The monoisotopic (exact) mass is 468 g/mol. The Balaban J connectivity index is 1.61. The lowest BCUT2D eigenvalue weighted by atomic mass is 10.1. The number of hydrogen-bond acceptors (Lipinski definition) is 4. The predicted molar refractivity (Wildman–Crippen MR) is 131 cm³/mol. The third-order valence-electron chi connectivity index (χ3n) is 4.80. The van der Waals surface area contributed by atoms with Crippen LogP contribution in [0.15, 0.2) is 72.8 Å². The molecule has 0 radical (unpaired) electrons. The number of amides is 1. The highest BCUT2D eigenvalue weighted by molar-refractivity contribution is 6.37. The number of hydrogen-bond donors (Lipinski definition) is 2. The lowest BCUT2D eigenvalue weighted by Gasteiger charge is -2.17. The quantitative estimate of drug-likeness (QED) is 0.334. The van der Waals surface area contributed by atoms with Crippen molar-refractivity contribution in [2.75, 3.05) is 30.4 Å². The number of aliphatic hydroxyl groups is 1. The number of likely N-dealkylation sites (N-methyl/N-ethyl adjacent to an activating group) is 1. The van der Waals surface area contributed by atoms with Gasteiger partial charge in [-0.1, -0.05) is 41.4 Å². The Morgan fingerprint density at radius 2 is 1.69 bits per heavy atom. The average Bonchev–Trinajstić information content (AvgIpc) is 2.78. The topological polar surface area (TPSA) is 69.6 Å². The molecule has 7 heteroatoms. The van der Waals surface area contributed by atoms with Gasteiger partial charge in [-0.2, -0.15) is 0 Å². The van der Waals surface area contributed by atoms with Gasteiger partial charge < -0.3 is 15.3 Å². The lowest BCUT2D eigenvalue weighted by Crippen LogP contribution is -2.20. The number of ketones is 1. The van der Waals surface area contributed by atoms with Crippen LogP contribution in [0.5, 0.6) is 0 Å². The summed E-state index contributed by atoms with van der Waals surface area (Å²) in [6.07, 6.45) is 3.25. The fourth-order valence-corrected chi connectivity index (χ4v) is 3.47. The summed E-state index contributed by atoms with van der Waals surface area (Å²) in [6, 6.07) is 19.0. The summed E-state index contributed by atoms with van der Waals surface area (Å²) in [4.78, 5) is 26.8. The zero-order chi connectivity index (χ0) is 23.1. The Morgan fingerprint density at radius 3 is 2.31 bits per heavy atom. The van der Waals surface area contributed by atoms with Crippen LogP contribution in [0.1, 0.15) is 26.3 Å². The molecule has 0 saturated carbocycles. The van der Waals surface area contributed by atoms with E-state index in [1.807, 2.05) is 36.2 Å². The number of carbonyl (C=O) groups is 2. The Hall–Kier alpha value is -3.12. The number of halogens is 2. The highest BCUT2D eigenvalue weighted by Crippen LogP contribution is 2.22. The molecule has 0 bridgehead atoms. The van der Waals surface area contributed by atoms with Crippen molar-refractivity contribution < 1.29 is 14.7 Å². The minimum Gasteiger partial charge on any atom is -0.395 e. The molecule has 3 aromatic rings. The molecule has 32 heavy (non-hydrogen) atoms. The van der Waals surface area contributed by atoms with Crippen LogP contribution in [0.25, 0.3) is 6.08 Å². The Bertz CT molecular complexity index is 1130. The van der Waals surface area contributed by atoms with Gasteiger partial charge in [-0.15, -0.1) is 0 Å². The molecule has 0 aliphatic heterocycles. The molecule has 0 atom stereocenters. The molecule has 0 unspecified atom stereocenters. The Morgan fingerprint density at radius 1 is 1.00 bits per heavy atom. The molecule has 0 fully saturated rings. The van der Waals surface area contributed by atoms with E-state index in [0.29, 0.717) is 28.4 Å². The zero-order valence-electron chi connectivity index (χ0n) is 17.4. The second-order valence-corrected chi connectivity index (χ2v) is 7.93. The second-order valence-electron chi connectivity index (χ2n) is 7.09. The number of aliphatic hydroxyl groups excluding tert-OH is 1. The maximum absolute atomic E-state index is 12.5. The molecule has 0 spiro atoms. The minimum absolute atomic E-state index is 0.0873. The van der Waals surface area contributed by atoms with Gasteiger partial charge in [0, 0.05) is 35.6 Å². The van der Waals surface area contributed by atoms with E-state index in [1.165, 1.54) is 12.1 Å². The van der Waals surface area contributed by atoms with E-state index in [9.17, 15) is 9.59 Å². The number of rotatable bonds is 8. The van der Waals surface area contributed by atoms with Crippen LogP contribution in [0.3, 0.4) is 0 Å². The van der Waals surface area contributed by atoms with Crippen molar-refractivity contribution in [1.82, 2.24) is 0 Å². The molecule has 0 aliphatic carbocycles. The molecule has 1 amide bonds. The zero-order valence-corrected chi connectivity index (χ0v) is 18.9. The van der Waals surface area contributed by atoms with E-state index in [4.69, 9.17) is 28.3 Å². The fourth-order valence-electron chi connectivity index (χ4n) is 2.98. The van der Waals surface area contributed by atoms with Crippen LogP contribution in [0.2, 0.25) is 10.0 Å². The first kappa shape index (κ1) is 23.5. The highest BCUT2D eigenvalue weighted by atomic mass is 35.5. The van der Waals surface area contributed by atoms with E-state index in [-0.39, 0.29) is 23.3 Å². The van der Waals surface area contributed by atoms with Crippen molar-refractivity contribution in [2.24, 2.45) is 0 Å². The minimum atomic E-state index is -0.362. The Kier molecular flexibility index (Phi) is 8.06. The van der Waals surface area contributed by atoms with Crippen molar-refractivity contribution >= 4 is 52.3 Å². The number of anilines is 2. The van der Waals surface area contributed by atoms with Gasteiger partial charge in [0.25, 0.3) is 5.91 Å². The molecule has 0 aliphatic rings. The van der Waals surface area contributed by atoms with Gasteiger partial charge in [0.2, 0.25) is 0 Å². The normalized spacial score (nSPS) is 10.9. The largest absolute Gasteiger partial charge is 0.395 e. The van der Waals surface area contributed by atoms with E-state index < -0.39 is 0 Å². The van der Waals surface area contributed by atoms with Gasteiger partial charge >= 0.3 is 0 Å². The summed E-state index contributed by atoms with van der Waals surface area (Å²) in [5.41, 5.74) is 3.24. The summed E-state index contributed by atoms with van der Waals surface area (Å²) in [5, 5.41) is 12.5. The number of carbonyl (C=O) groups excluding carboxylic acids is 2. The van der Waals surface area contributed by atoms with Crippen molar-refractivity contribution in [2.45, 2.75) is 0 Å². The average molecular weight is 469 g/mol. The van der Waals surface area contributed by atoms with E-state index in [2.05, 4.69) is 5.32 Å². The first-order chi connectivity index (χ1) is 15.4. The lowest BCUT2D eigenvalue weighted by molar-refractivity contribution is 0.102. The molecule has 3 aromatic carbocycles. The van der Waals surface area contributed by atoms with E-state index in [1.54, 1.807) is 42.5 Å². The number of benzene rings is 3. The molecule has 0 saturated heterocycles. The van der Waals surface area contributed by atoms with Crippen LogP contribution < -0.4 is 10.2 Å². The van der Waals surface area contributed by atoms with Crippen LogP contribution >= 0.6 is 23.2 Å².